The maximum Gasteiger partial charge on any atom is 0.329 e. The molecule has 3 N–H and O–H groups in total. The van der Waals surface area contributed by atoms with Gasteiger partial charge in [0.2, 0.25) is 5.91 Å². The van der Waals surface area contributed by atoms with Gasteiger partial charge in [0.05, 0.1) is 16.6 Å². The summed E-state index contributed by atoms with van der Waals surface area (Å²) in [5.74, 6) is -0.844. The molecule has 0 unspecified atom stereocenters. The number of imidazole rings is 1. The Labute approximate surface area is 161 Å². The molecule has 0 radical (unpaired) electrons. The van der Waals surface area contributed by atoms with E-state index < -0.39 is 5.91 Å². The molecule has 3 rings (SSSR count). The minimum Gasteiger partial charge on any atom is -0.507 e. The molecule has 0 bridgehead atoms. The van der Waals surface area contributed by atoms with Gasteiger partial charge in [-0.25, -0.2) is 4.79 Å². The number of benzene rings is 2. The molecule has 1 aromatic heterocycles. The highest BCUT2D eigenvalue weighted by molar-refractivity contribution is 5.96. The molecule has 0 spiro atoms. The summed E-state index contributed by atoms with van der Waals surface area (Å²) in [4.78, 5) is 36.8. The third-order valence-electron chi connectivity index (χ3n) is 4.42. The molecule has 0 saturated heterocycles. The molecule has 0 saturated carbocycles. The van der Waals surface area contributed by atoms with Crippen molar-refractivity contribution >= 4 is 22.8 Å². The monoisotopic (exact) mass is 382 g/mol. The Balaban J connectivity index is 1.56. The number of para-hydroxylation sites is 3. The highest BCUT2D eigenvalue weighted by Gasteiger charge is 2.14. The Morgan fingerprint density at radius 1 is 0.929 bits per heavy atom. The topological polar surface area (TPSA) is 105 Å². The predicted molar refractivity (Wildman–Crippen MR) is 105 cm³/mol. The number of aromatic hydroxyl groups is 1. The minimum atomic E-state index is -0.422. The largest absolute Gasteiger partial charge is 0.507 e. The van der Waals surface area contributed by atoms with Crippen molar-refractivity contribution in [1.29, 1.82) is 0 Å². The van der Waals surface area contributed by atoms with Crippen LogP contribution in [0, 0.1) is 0 Å². The summed E-state index contributed by atoms with van der Waals surface area (Å²) < 4.78 is 3.06. The Kier molecular flexibility index (Phi) is 5.78. The number of carbonyl (C=O) groups is 2. The number of fused-ring (bicyclic) bond motifs is 1. The van der Waals surface area contributed by atoms with Gasteiger partial charge in [-0.05, 0) is 31.2 Å². The lowest BCUT2D eigenvalue weighted by Gasteiger charge is -2.08. The summed E-state index contributed by atoms with van der Waals surface area (Å²) in [6.07, 6.45) is 0. The van der Waals surface area contributed by atoms with E-state index in [1.54, 1.807) is 16.7 Å². The van der Waals surface area contributed by atoms with Gasteiger partial charge in [-0.2, -0.15) is 0 Å². The number of aromatic nitrogens is 2. The Morgan fingerprint density at radius 2 is 1.54 bits per heavy atom. The van der Waals surface area contributed by atoms with E-state index in [4.69, 9.17) is 0 Å². The van der Waals surface area contributed by atoms with Gasteiger partial charge >= 0.3 is 5.69 Å². The summed E-state index contributed by atoms with van der Waals surface area (Å²) in [6.45, 7) is 2.71. The van der Waals surface area contributed by atoms with Crippen LogP contribution in [0.15, 0.2) is 53.3 Å². The van der Waals surface area contributed by atoms with Crippen molar-refractivity contribution in [3.8, 4) is 5.75 Å². The molecule has 0 atom stereocenters. The van der Waals surface area contributed by atoms with Crippen molar-refractivity contribution in [2.45, 2.75) is 20.0 Å². The molecular formula is C20H22N4O4. The van der Waals surface area contributed by atoms with Gasteiger partial charge in [0, 0.05) is 19.6 Å². The minimum absolute atomic E-state index is 0.0975. The molecular weight excluding hydrogens is 360 g/mol. The van der Waals surface area contributed by atoms with Gasteiger partial charge < -0.3 is 15.7 Å². The average molecular weight is 382 g/mol. The summed E-state index contributed by atoms with van der Waals surface area (Å²) in [5.41, 5.74) is 1.44. The van der Waals surface area contributed by atoms with Crippen LogP contribution >= 0.6 is 0 Å². The van der Waals surface area contributed by atoms with Gasteiger partial charge in [-0.15, -0.1) is 0 Å². The van der Waals surface area contributed by atoms with Crippen LogP contribution in [0.2, 0.25) is 0 Å². The van der Waals surface area contributed by atoms with Crippen LogP contribution in [0.4, 0.5) is 0 Å². The number of carbonyl (C=O) groups excluding carboxylic acids is 2. The number of aryl methyl sites for hydroxylation is 1. The maximum absolute atomic E-state index is 12.5. The molecule has 8 heteroatoms. The lowest BCUT2D eigenvalue weighted by Crippen LogP contribution is -2.37. The van der Waals surface area contributed by atoms with Crippen LogP contribution < -0.4 is 16.3 Å². The van der Waals surface area contributed by atoms with Crippen molar-refractivity contribution in [3.63, 3.8) is 0 Å². The second-order valence-electron chi connectivity index (χ2n) is 6.22. The molecule has 2 amide bonds. The Bertz CT molecular complexity index is 1070. The normalized spacial score (nSPS) is 10.8. The highest BCUT2D eigenvalue weighted by Crippen LogP contribution is 2.15. The van der Waals surface area contributed by atoms with Gasteiger partial charge in [0.15, 0.2) is 0 Å². The lowest BCUT2D eigenvalue weighted by molar-refractivity contribution is -0.121. The SMILES string of the molecule is CCn1c(=O)n(CC(=O)NCCNC(=O)c2ccccc2O)c2ccccc21. The number of hydrogen-bond donors (Lipinski definition) is 3. The van der Waals surface area contributed by atoms with E-state index in [9.17, 15) is 19.5 Å². The van der Waals surface area contributed by atoms with E-state index >= 15 is 0 Å². The number of hydrogen-bond acceptors (Lipinski definition) is 4. The van der Waals surface area contributed by atoms with Crippen molar-refractivity contribution in [3.05, 3.63) is 64.6 Å². The van der Waals surface area contributed by atoms with Gasteiger partial charge in [0.1, 0.15) is 12.3 Å². The van der Waals surface area contributed by atoms with E-state index in [0.717, 1.165) is 5.52 Å². The summed E-state index contributed by atoms with van der Waals surface area (Å²) in [5, 5.41) is 15.0. The fourth-order valence-electron chi connectivity index (χ4n) is 3.07. The van der Waals surface area contributed by atoms with E-state index in [1.807, 2.05) is 31.2 Å². The molecule has 0 fully saturated rings. The zero-order valence-corrected chi connectivity index (χ0v) is 15.5. The van der Waals surface area contributed by atoms with Crippen molar-refractivity contribution in [2.24, 2.45) is 0 Å². The number of nitrogens with one attached hydrogen (secondary N) is 2. The second-order valence-corrected chi connectivity index (χ2v) is 6.22. The first kappa shape index (κ1) is 19.2. The number of nitrogens with zero attached hydrogens (tertiary/aromatic N) is 2. The van der Waals surface area contributed by atoms with E-state index in [-0.39, 0.29) is 42.5 Å². The van der Waals surface area contributed by atoms with Crippen LogP contribution in [0.25, 0.3) is 11.0 Å². The first-order valence-electron chi connectivity index (χ1n) is 9.04. The Morgan fingerprint density at radius 3 is 2.21 bits per heavy atom. The molecule has 0 aliphatic heterocycles. The highest BCUT2D eigenvalue weighted by atomic mass is 16.3. The number of phenolic OH excluding ortho intramolecular Hbond substituents is 1. The van der Waals surface area contributed by atoms with Gasteiger partial charge in [0.25, 0.3) is 5.91 Å². The molecule has 8 nitrogen and oxygen atoms in total. The molecule has 28 heavy (non-hydrogen) atoms. The fourth-order valence-corrected chi connectivity index (χ4v) is 3.07. The fraction of sp³-hybridized carbons (Fsp3) is 0.250. The summed E-state index contributed by atoms with van der Waals surface area (Å²) in [7, 11) is 0. The quantitative estimate of drug-likeness (QED) is 0.532. The predicted octanol–water partition coefficient (Wildman–Crippen LogP) is 1.07. The standard InChI is InChI=1S/C20H22N4O4/c1-2-23-15-8-4-5-9-16(15)24(20(23)28)13-18(26)21-11-12-22-19(27)14-7-3-6-10-17(14)25/h3-10,25H,2,11-13H2,1H3,(H,21,26)(H,22,27). The smallest absolute Gasteiger partial charge is 0.329 e. The Hall–Kier alpha value is -3.55. The lowest BCUT2D eigenvalue weighted by atomic mass is 10.2. The second kappa shape index (κ2) is 8.43. The van der Waals surface area contributed by atoms with Crippen molar-refractivity contribution in [2.75, 3.05) is 13.1 Å². The molecule has 3 aromatic rings. The van der Waals surface area contributed by atoms with Crippen LogP contribution in [0.5, 0.6) is 5.75 Å². The first-order chi connectivity index (χ1) is 13.5. The van der Waals surface area contributed by atoms with Crippen LogP contribution in [-0.2, 0) is 17.9 Å². The van der Waals surface area contributed by atoms with E-state index in [2.05, 4.69) is 10.6 Å². The molecule has 146 valence electrons. The van der Waals surface area contributed by atoms with E-state index in [1.165, 1.54) is 16.7 Å². The molecule has 1 heterocycles. The number of phenols is 1. The zero-order chi connectivity index (χ0) is 20.1. The van der Waals surface area contributed by atoms with Crippen LogP contribution in [-0.4, -0.2) is 39.1 Å². The van der Waals surface area contributed by atoms with Crippen molar-refractivity contribution < 1.29 is 14.7 Å². The molecule has 0 aliphatic carbocycles. The number of amides is 2. The summed E-state index contributed by atoms with van der Waals surface area (Å²) >= 11 is 0. The van der Waals surface area contributed by atoms with Crippen LogP contribution in [0.1, 0.15) is 17.3 Å². The maximum atomic E-state index is 12.5. The molecule has 2 aromatic carbocycles. The summed E-state index contributed by atoms with van der Waals surface area (Å²) in [6, 6.07) is 13.6. The van der Waals surface area contributed by atoms with Gasteiger partial charge in [-0.3, -0.25) is 18.7 Å². The van der Waals surface area contributed by atoms with Crippen molar-refractivity contribution in [1.82, 2.24) is 19.8 Å². The third kappa shape index (κ3) is 3.90. The first-order valence-corrected chi connectivity index (χ1v) is 9.04. The molecule has 0 aliphatic rings. The third-order valence-corrected chi connectivity index (χ3v) is 4.42. The average Bonchev–Trinajstić information content (AvgIpc) is 2.96. The van der Waals surface area contributed by atoms with E-state index in [0.29, 0.717) is 12.1 Å². The zero-order valence-electron chi connectivity index (χ0n) is 15.5. The van der Waals surface area contributed by atoms with Crippen LogP contribution in [0.3, 0.4) is 0 Å². The number of rotatable bonds is 7. The van der Waals surface area contributed by atoms with Gasteiger partial charge in [-0.1, -0.05) is 24.3 Å².